The van der Waals surface area contributed by atoms with Crippen molar-refractivity contribution in [1.82, 2.24) is 5.32 Å². The fourth-order valence-electron chi connectivity index (χ4n) is 2.17. The molecule has 4 heteroatoms. The van der Waals surface area contributed by atoms with E-state index < -0.39 is 0 Å². The minimum Gasteiger partial charge on any atom is -0.462 e. The summed E-state index contributed by atoms with van der Waals surface area (Å²) in [4.78, 5) is 2.16. The van der Waals surface area contributed by atoms with Gasteiger partial charge in [-0.15, -0.1) is 0 Å². The lowest BCUT2D eigenvalue weighted by Gasteiger charge is -2.28. The summed E-state index contributed by atoms with van der Waals surface area (Å²) >= 11 is 0. The first-order valence-electron chi connectivity index (χ1n) is 5.47. The second-order valence-corrected chi connectivity index (χ2v) is 3.97. The van der Waals surface area contributed by atoms with Gasteiger partial charge in [-0.25, -0.2) is 4.39 Å². The zero-order chi connectivity index (χ0) is 11.0. The molecule has 0 unspecified atom stereocenters. The van der Waals surface area contributed by atoms with Crippen LogP contribution in [-0.2, 0) is 0 Å². The first kappa shape index (κ1) is 9.66. The molecule has 0 atom stereocenters. The Bertz CT molecular complexity index is 503. The third-order valence-corrected chi connectivity index (χ3v) is 2.99. The minimum atomic E-state index is -0.209. The standard InChI is InChI=1S/C12H13FN2O/c13-9-2-1-3-11-12(9)10(8-16-11)15-6-4-14-5-7-15/h1-3,8,14H,4-7H2. The highest BCUT2D eigenvalue weighted by atomic mass is 19.1. The Morgan fingerprint density at radius 1 is 1.25 bits per heavy atom. The summed E-state index contributed by atoms with van der Waals surface area (Å²) in [5.41, 5.74) is 1.49. The van der Waals surface area contributed by atoms with Gasteiger partial charge in [0.2, 0.25) is 0 Å². The lowest BCUT2D eigenvalue weighted by atomic mass is 10.2. The zero-order valence-corrected chi connectivity index (χ0v) is 8.87. The highest BCUT2D eigenvalue weighted by Gasteiger charge is 2.17. The molecule has 1 aliphatic heterocycles. The number of halogens is 1. The summed E-state index contributed by atoms with van der Waals surface area (Å²) in [6, 6.07) is 4.94. The first-order valence-corrected chi connectivity index (χ1v) is 5.47. The number of nitrogens with zero attached hydrogens (tertiary/aromatic N) is 1. The van der Waals surface area contributed by atoms with Gasteiger partial charge in [0, 0.05) is 26.2 Å². The summed E-state index contributed by atoms with van der Waals surface area (Å²) in [6.45, 7) is 3.65. The third kappa shape index (κ3) is 1.46. The maximum atomic E-state index is 13.7. The average molecular weight is 220 g/mol. The number of anilines is 1. The van der Waals surface area contributed by atoms with Crippen LogP contribution in [0.5, 0.6) is 0 Å². The van der Waals surface area contributed by atoms with Crippen molar-refractivity contribution in [1.29, 1.82) is 0 Å². The monoisotopic (exact) mass is 220 g/mol. The van der Waals surface area contributed by atoms with Gasteiger partial charge in [0.15, 0.2) is 0 Å². The third-order valence-electron chi connectivity index (χ3n) is 2.99. The van der Waals surface area contributed by atoms with Crippen LogP contribution in [0.15, 0.2) is 28.9 Å². The molecule has 1 aromatic carbocycles. The van der Waals surface area contributed by atoms with E-state index in [0.29, 0.717) is 11.0 Å². The number of nitrogens with one attached hydrogen (secondary N) is 1. The molecule has 1 fully saturated rings. The van der Waals surface area contributed by atoms with Gasteiger partial charge in [-0.2, -0.15) is 0 Å². The van der Waals surface area contributed by atoms with Gasteiger partial charge < -0.3 is 14.6 Å². The van der Waals surface area contributed by atoms with Crippen LogP contribution in [0.4, 0.5) is 10.1 Å². The molecule has 1 aromatic heterocycles. The lowest BCUT2D eigenvalue weighted by molar-refractivity contribution is 0.578. The van der Waals surface area contributed by atoms with Crippen LogP contribution in [-0.4, -0.2) is 26.2 Å². The summed E-state index contributed by atoms with van der Waals surface area (Å²) in [5.74, 6) is -0.209. The SMILES string of the molecule is Fc1cccc2occ(N3CCNCC3)c12. The number of piperazine rings is 1. The molecule has 16 heavy (non-hydrogen) atoms. The van der Waals surface area contributed by atoms with E-state index in [1.807, 2.05) is 0 Å². The number of rotatable bonds is 1. The molecule has 1 N–H and O–H groups in total. The van der Waals surface area contributed by atoms with Gasteiger partial charge in [-0.1, -0.05) is 6.07 Å². The molecule has 2 aromatic rings. The molecular formula is C12H13FN2O. The van der Waals surface area contributed by atoms with Crippen molar-refractivity contribution >= 4 is 16.7 Å². The second kappa shape index (κ2) is 3.79. The predicted molar refractivity (Wildman–Crippen MR) is 61.3 cm³/mol. The molecule has 0 aliphatic carbocycles. The normalized spacial score (nSPS) is 16.9. The van der Waals surface area contributed by atoms with Gasteiger partial charge in [-0.05, 0) is 12.1 Å². The molecule has 0 radical (unpaired) electrons. The molecule has 84 valence electrons. The smallest absolute Gasteiger partial charge is 0.139 e. The van der Waals surface area contributed by atoms with Crippen molar-refractivity contribution in [2.24, 2.45) is 0 Å². The average Bonchev–Trinajstić information content (AvgIpc) is 2.75. The summed E-state index contributed by atoms with van der Waals surface area (Å²) in [5, 5.41) is 3.87. The van der Waals surface area contributed by atoms with Crippen LogP contribution in [0.2, 0.25) is 0 Å². The van der Waals surface area contributed by atoms with Gasteiger partial charge in [-0.3, -0.25) is 0 Å². The highest BCUT2D eigenvalue weighted by Crippen LogP contribution is 2.31. The molecule has 1 saturated heterocycles. The summed E-state index contributed by atoms with van der Waals surface area (Å²) in [6.07, 6.45) is 1.65. The number of benzene rings is 1. The molecule has 3 nitrogen and oxygen atoms in total. The second-order valence-electron chi connectivity index (χ2n) is 3.97. The van der Waals surface area contributed by atoms with Crippen LogP contribution in [0.3, 0.4) is 0 Å². The molecule has 3 rings (SSSR count). The zero-order valence-electron chi connectivity index (χ0n) is 8.87. The van der Waals surface area contributed by atoms with Gasteiger partial charge >= 0.3 is 0 Å². The number of furan rings is 1. The van der Waals surface area contributed by atoms with E-state index in [1.54, 1.807) is 18.4 Å². The quantitative estimate of drug-likeness (QED) is 0.796. The molecule has 0 amide bonds. The van der Waals surface area contributed by atoms with E-state index in [0.717, 1.165) is 31.9 Å². The number of fused-ring (bicyclic) bond motifs is 1. The van der Waals surface area contributed by atoms with Crippen molar-refractivity contribution < 1.29 is 8.81 Å². The Morgan fingerprint density at radius 3 is 2.88 bits per heavy atom. The van der Waals surface area contributed by atoms with Crippen molar-refractivity contribution in [2.75, 3.05) is 31.1 Å². The fraction of sp³-hybridized carbons (Fsp3) is 0.333. The van der Waals surface area contributed by atoms with E-state index in [1.165, 1.54) is 6.07 Å². The van der Waals surface area contributed by atoms with Crippen molar-refractivity contribution in [3.05, 3.63) is 30.3 Å². The van der Waals surface area contributed by atoms with Crippen LogP contribution in [0.1, 0.15) is 0 Å². The molecule has 0 bridgehead atoms. The summed E-state index contributed by atoms with van der Waals surface area (Å²) < 4.78 is 19.1. The van der Waals surface area contributed by atoms with Crippen molar-refractivity contribution in [3.63, 3.8) is 0 Å². The van der Waals surface area contributed by atoms with Crippen LogP contribution in [0, 0.1) is 5.82 Å². The van der Waals surface area contributed by atoms with E-state index in [9.17, 15) is 4.39 Å². The highest BCUT2D eigenvalue weighted by molar-refractivity contribution is 5.91. The number of hydrogen-bond donors (Lipinski definition) is 1. The molecule has 0 spiro atoms. The van der Waals surface area contributed by atoms with Crippen LogP contribution in [0.25, 0.3) is 11.0 Å². The van der Waals surface area contributed by atoms with Gasteiger partial charge in [0.1, 0.15) is 17.7 Å². The van der Waals surface area contributed by atoms with E-state index in [-0.39, 0.29) is 5.82 Å². The molecule has 0 saturated carbocycles. The summed E-state index contributed by atoms with van der Waals surface area (Å²) in [7, 11) is 0. The van der Waals surface area contributed by atoms with Crippen molar-refractivity contribution in [2.45, 2.75) is 0 Å². The minimum absolute atomic E-state index is 0.209. The van der Waals surface area contributed by atoms with Gasteiger partial charge in [0.25, 0.3) is 0 Å². The Morgan fingerprint density at radius 2 is 2.06 bits per heavy atom. The molecule has 1 aliphatic rings. The number of hydrogen-bond acceptors (Lipinski definition) is 3. The molecule has 2 heterocycles. The Balaban J connectivity index is 2.09. The van der Waals surface area contributed by atoms with Crippen LogP contribution < -0.4 is 10.2 Å². The Hall–Kier alpha value is -1.55. The lowest BCUT2D eigenvalue weighted by Crippen LogP contribution is -2.43. The molecular weight excluding hydrogens is 207 g/mol. The largest absolute Gasteiger partial charge is 0.462 e. The maximum absolute atomic E-state index is 13.7. The van der Waals surface area contributed by atoms with E-state index in [2.05, 4.69) is 10.2 Å². The van der Waals surface area contributed by atoms with Crippen LogP contribution >= 0.6 is 0 Å². The van der Waals surface area contributed by atoms with Gasteiger partial charge in [0.05, 0.1) is 11.1 Å². The van der Waals surface area contributed by atoms with Crippen molar-refractivity contribution in [3.8, 4) is 0 Å². The van der Waals surface area contributed by atoms with E-state index in [4.69, 9.17) is 4.42 Å². The first-order chi connectivity index (χ1) is 7.86. The Labute approximate surface area is 92.8 Å². The van der Waals surface area contributed by atoms with E-state index >= 15 is 0 Å². The topological polar surface area (TPSA) is 28.4 Å². The maximum Gasteiger partial charge on any atom is 0.139 e. The predicted octanol–water partition coefficient (Wildman–Crippen LogP) is 1.98. The Kier molecular flexibility index (Phi) is 2.29. The fourth-order valence-corrected chi connectivity index (χ4v) is 2.17.